The molecule has 0 bridgehead atoms. The van der Waals surface area contributed by atoms with Gasteiger partial charge in [-0.2, -0.15) is 0 Å². The van der Waals surface area contributed by atoms with Crippen molar-refractivity contribution in [3.8, 4) is 17.6 Å². The van der Waals surface area contributed by atoms with Crippen molar-refractivity contribution >= 4 is 23.5 Å². The summed E-state index contributed by atoms with van der Waals surface area (Å²) >= 11 is 0. The minimum atomic E-state index is -1.85. The minimum Gasteiger partial charge on any atom is -0.508 e. The van der Waals surface area contributed by atoms with E-state index in [1.54, 1.807) is 31.2 Å². The summed E-state index contributed by atoms with van der Waals surface area (Å²) in [7, 11) is 0. The molecule has 15 heteroatoms. The molecule has 2 aromatic carbocycles. The number of aromatic nitrogens is 1. The number of nitrogens with one attached hydrogen (secondary N) is 3. The number of H-pyrrole nitrogens is 1. The first-order valence-corrected chi connectivity index (χ1v) is 31.1. The summed E-state index contributed by atoms with van der Waals surface area (Å²) in [5.74, 6) is 4.71. The number of hydrogen-bond acceptors (Lipinski definition) is 12. The second-order valence-electron chi connectivity index (χ2n) is 27.3. The standard InChI is InChI=1S/C68H89N5O10/c1-39-13-17-43-18-22-49-40(2)30-57(78)66(4,81)62-45(12-8-11-44(31-51(49)50(43)29-39)52-38-83-63(80)58(52)46-24-27-70-36-46)33-68(82)59-53(23-25-67(62,68)26-28-71-64(69)73-35-42-9-6-5-7-10-42)65(3)34-56(77)55(76)32-54(65)61(79)60(59)72-37-48(75)21-16-41-14-19-47(74)20-15-41/h5-7,9-10,14-15,18-20,24,27,36,39-40,44-45,49-58,62,70,72,74,76-78,81-82H,12-13,16-17,21-23,25-26,28-35,37-38H2,1-4H3,(H3,69,71,73)/t39-,40+,44-,45-,49-,50+,51+,52-,53-,54-,55+,56-,57+,58-,62+,65+,66-,67-,68+/m0/s1. The summed E-state index contributed by atoms with van der Waals surface area (Å²) in [6.07, 6.45) is 9.81. The first kappa shape index (κ1) is 59.0. The fourth-order valence-corrected chi connectivity index (χ4v) is 18.4. The third-order valence-corrected chi connectivity index (χ3v) is 22.5. The Morgan fingerprint density at radius 1 is 0.904 bits per heavy atom. The second-order valence-corrected chi connectivity index (χ2v) is 27.3. The van der Waals surface area contributed by atoms with Crippen LogP contribution in [0, 0.1) is 87.8 Å². The number of phenols is 1. The number of rotatable bonds is 13. The average molecular weight is 1140 g/mol. The van der Waals surface area contributed by atoms with Crippen LogP contribution in [-0.4, -0.2) is 108 Å². The number of aryl methyl sites for hydroxylation is 1. The fraction of sp³-hybridized carbons (Fsp3) is 0.618. The Morgan fingerprint density at radius 3 is 2.45 bits per heavy atom. The largest absolute Gasteiger partial charge is 0.508 e. The average Bonchev–Trinajstić information content (AvgIpc) is 1.69. The molecule has 19 atom stereocenters. The smallest absolute Gasteiger partial charge is 0.313 e. The molecule has 0 amide bonds. The first-order chi connectivity index (χ1) is 39.7. The Hall–Kier alpha value is -5.76. The van der Waals surface area contributed by atoms with Crippen molar-refractivity contribution in [2.75, 3.05) is 19.7 Å². The summed E-state index contributed by atoms with van der Waals surface area (Å²) in [5.41, 5.74) is 5.66. The Balaban J connectivity index is 1.03. The number of hydrogen-bond donors (Lipinski definition) is 10. The van der Waals surface area contributed by atoms with Gasteiger partial charge in [-0.3, -0.25) is 14.4 Å². The number of cyclic esters (lactones) is 1. The predicted molar refractivity (Wildman–Crippen MR) is 315 cm³/mol. The summed E-state index contributed by atoms with van der Waals surface area (Å²) in [6.45, 7) is 8.87. The number of guanidine groups is 1. The molecule has 2 heterocycles. The van der Waals surface area contributed by atoms with Gasteiger partial charge in [-0.1, -0.05) is 80.8 Å². The van der Waals surface area contributed by atoms with Crippen molar-refractivity contribution in [2.24, 2.45) is 86.7 Å². The van der Waals surface area contributed by atoms with E-state index in [0.717, 1.165) is 48.8 Å². The highest BCUT2D eigenvalue weighted by Crippen LogP contribution is 2.72. The molecular weight excluding hydrogens is 1050 g/mol. The number of carbonyl (C=O) groups excluding carboxylic acids is 3. The highest BCUT2D eigenvalue weighted by molar-refractivity contribution is 6.00. The number of allylic oxidation sites excluding steroid dienone is 3. The molecule has 4 saturated carbocycles. The van der Waals surface area contributed by atoms with Crippen molar-refractivity contribution in [1.82, 2.24) is 15.6 Å². The van der Waals surface area contributed by atoms with E-state index in [0.29, 0.717) is 49.6 Å². The topological polar surface area (TPSA) is 260 Å². The van der Waals surface area contributed by atoms with Crippen molar-refractivity contribution in [2.45, 2.75) is 166 Å². The molecule has 446 valence electrons. The van der Waals surface area contributed by atoms with Gasteiger partial charge in [0.1, 0.15) is 5.75 Å². The predicted octanol–water partition coefficient (Wildman–Crippen LogP) is 7.55. The first-order valence-electron chi connectivity index (χ1n) is 31.1. The van der Waals surface area contributed by atoms with Gasteiger partial charge in [0.2, 0.25) is 0 Å². The zero-order valence-corrected chi connectivity index (χ0v) is 48.9. The van der Waals surface area contributed by atoms with E-state index >= 15 is 4.79 Å². The molecule has 1 aromatic heterocycles. The second kappa shape index (κ2) is 23.6. The van der Waals surface area contributed by atoms with Crippen LogP contribution in [0.3, 0.4) is 0 Å². The summed E-state index contributed by atoms with van der Waals surface area (Å²) < 4.78 is 5.97. The molecule has 7 aliphatic carbocycles. The lowest BCUT2D eigenvalue weighted by Crippen LogP contribution is -2.66. The maximum absolute atomic E-state index is 15.6. The molecule has 1 saturated heterocycles. The number of carbonyl (C=O) groups is 3. The van der Waals surface area contributed by atoms with Gasteiger partial charge in [-0.15, -0.1) is 5.92 Å². The molecule has 11 N–H and O–H groups in total. The summed E-state index contributed by atoms with van der Waals surface area (Å²) in [5, 5.41) is 81.0. The fourth-order valence-electron chi connectivity index (χ4n) is 18.4. The molecule has 0 spiro atoms. The molecule has 3 aromatic rings. The van der Waals surface area contributed by atoms with E-state index in [-0.39, 0.29) is 123 Å². The number of benzene rings is 2. The van der Waals surface area contributed by atoms with Crippen LogP contribution >= 0.6 is 0 Å². The lowest BCUT2D eigenvalue weighted by atomic mass is 9.44. The highest BCUT2D eigenvalue weighted by Gasteiger charge is 2.74. The quantitative estimate of drug-likeness (QED) is 0.0261. The molecule has 83 heavy (non-hydrogen) atoms. The maximum Gasteiger partial charge on any atom is 0.313 e. The number of esters is 1. The van der Waals surface area contributed by atoms with Gasteiger partial charge in [0.05, 0.1) is 60.8 Å². The molecule has 0 radical (unpaired) electrons. The molecule has 5 fully saturated rings. The SMILES string of the molecule is C[C@H]1CCC2=CC[C@@H]3[C@@H](C[C@@H]([C@@H]4COC(=O)[C@H]4c4cc[nH]c4)C#CC[C@H]4C[C@@]5(O)C6=C(NCC(=O)CCc7ccc(O)cc7)C(=O)[C@@H]7C[C@@H](O)[C@@H](O)C[C@]7(C)[C@H]6CC[C@]5(CCNC(N)=NCc5ccccc5)[C@H]4[C@@](C)(O)[C@H](O)C[C@H]3C)[C@@H]2C1. The van der Waals surface area contributed by atoms with E-state index in [1.807, 2.05) is 55.7 Å². The van der Waals surface area contributed by atoms with Gasteiger partial charge < -0.3 is 56.7 Å². The van der Waals surface area contributed by atoms with Crippen LogP contribution in [0.1, 0.15) is 140 Å². The van der Waals surface area contributed by atoms with Gasteiger partial charge in [-0.05, 0) is 178 Å². The van der Waals surface area contributed by atoms with E-state index < -0.39 is 69.9 Å². The number of nitrogens with zero attached hydrogens (tertiary/aromatic N) is 1. The van der Waals surface area contributed by atoms with Crippen LogP contribution in [0.5, 0.6) is 5.75 Å². The number of ketones is 2. The zero-order valence-electron chi connectivity index (χ0n) is 48.9. The zero-order chi connectivity index (χ0) is 58.6. The van der Waals surface area contributed by atoms with Crippen molar-refractivity contribution < 1.29 is 49.8 Å². The van der Waals surface area contributed by atoms with E-state index in [9.17, 15) is 40.2 Å². The Bertz CT molecular complexity index is 3020. The Morgan fingerprint density at radius 2 is 1.69 bits per heavy atom. The number of aliphatic hydroxyl groups is 5. The van der Waals surface area contributed by atoms with Gasteiger partial charge in [0, 0.05) is 60.9 Å². The van der Waals surface area contributed by atoms with Crippen LogP contribution in [-0.2, 0) is 32.1 Å². The molecule has 1 aliphatic heterocycles. The normalized spacial score (nSPS) is 39.7. The number of aliphatic imine (C=N–C) groups is 1. The molecule has 15 nitrogen and oxygen atoms in total. The Labute approximate surface area is 489 Å². The Kier molecular flexibility index (Phi) is 16.8. The van der Waals surface area contributed by atoms with Crippen molar-refractivity contribution in [3.63, 3.8) is 0 Å². The van der Waals surface area contributed by atoms with Crippen LogP contribution in [0.2, 0.25) is 0 Å². The number of fused-ring (bicyclic) bond motifs is 10. The van der Waals surface area contributed by atoms with E-state index in [2.05, 4.69) is 52.4 Å². The maximum atomic E-state index is 15.6. The van der Waals surface area contributed by atoms with Crippen molar-refractivity contribution in [1.29, 1.82) is 0 Å². The van der Waals surface area contributed by atoms with Gasteiger partial charge >= 0.3 is 5.97 Å². The number of Topliss-reactive ketones (excluding diaryl/α,β-unsaturated/α-hetero) is 2. The van der Waals surface area contributed by atoms with E-state index in [1.165, 1.54) is 5.57 Å². The molecule has 0 unspecified atom stereocenters. The molecule has 11 rings (SSSR count). The summed E-state index contributed by atoms with van der Waals surface area (Å²) in [4.78, 5) is 51.3. The number of aliphatic hydroxyl groups excluding tert-OH is 3. The number of phenolic OH excluding ortho intramolecular Hbond substituents is 1. The van der Waals surface area contributed by atoms with Gasteiger partial charge in [0.25, 0.3) is 0 Å². The third kappa shape index (κ3) is 11.0. The van der Waals surface area contributed by atoms with Crippen LogP contribution in [0.25, 0.3) is 0 Å². The number of ether oxygens (including phenoxy) is 1. The van der Waals surface area contributed by atoms with E-state index in [4.69, 9.17) is 10.5 Å². The number of nitrogens with two attached hydrogens (primary N) is 1. The highest BCUT2D eigenvalue weighted by atomic mass is 16.5. The monoisotopic (exact) mass is 1140 g/mol. The molecular formula is C68H89N5O10. The minimum absolute atomic E-state index is 0.0116. The third-order valence-electron chi connectivity index (χ3n) is 22.5. The van der Waals surface area contributed by atoms with Crippen LogP contribution in [0.4, 0.5) is 0 Å². The lowest BCUT2D eigenvalue weighted by Gasteiger charge is -2.62. The van der Waals surface area contributed by atoms with Gasteiger partial charge in [-0.25, -0.2) is 4.99 Å². The number of aromatic amines is 1. The van der Waals surface area contributed by atoms with Crippen LogP contribution < -0.4 is 16.4 Å². The van der Waals surface area contributed by atoms with Gasteiger partial charge in [0.15, 0.2) is 17.5 Å². The van der Waals surface area contributed by atoms with Crippen molar-refractivity contribution in [3.05, 3.63) is 113 Å². The lowest BCUT2D eigenvalue weighted by molar-refractivity contribution is -0.190. The molecule has 8 aliphatic rings. The van der Waals surface area contributed by atoms with Crippen LogP contribution in [0.15, 0.2) is 101 Å². The number of aromatic hydroxyl groups is 1. The summed E-state index contributed by atoms with van der Waals surface area (Å²) in [6, 6.07) is 18.4.